The molecular formula is C17H16BrN3O2. The molecule has 2 aromatic carbocycles. The highest BCUT2D eigenvalue weighted by atomic mass is 79.9. The quantitative estimate of drug-likeness (QED) is 0.484. The van der Waals surface area contributed by atoms with Crippen molar-refractivity contribution in [3.8, 4) is 0 Å². The highest BCUT2D eigenvalue weighted by Gasteiger charge is 2.13. The summed E-state index contributed by atoms with van der Waals surface area (Å²) in [7, 11) is 0. The number of hydrogen-bond acceptors (Lipinski definition) is 3. The Hall–Kier alpha value is -2.18. The molecule has 0 aliphatic carbocycles. The summed E-state index contributed by atoms with van der Waals surface area (Å²) in [6.45, 7) is 1.03. The van der Waals surface area contributed by atoms with Crippen molar-refractivity contribution in [3.05, 3.63) is 56.9 Å². The zero-order chi connectivity index (χ0) is 16.4. The molecule has 0 bridgehead atoms. The van der Waals surface area contributed by atoms with E-state index >= 15 is 0 Å². The van der Waals surface area contributed by atoms with E-state index in [4.69, 9.17) is 5.73 Å². The van der Waals surface area contributed by atoms with E-state index in [9.17, 15) is 9.59 Å². The van der Waals surface area contributed by atoms with Gasteiger partial charge in [0.1, 0.15) is 0 Å². The normalized spacial score (nSPS) is 11.0. The molecular weight excluding hydrogens is 358 g/mol. The summed E-state index contributed by atoms with van der Waals surface area (Å²) in [6, 6.07) is 9.14. The summed E-state index contributed by atoms with van der Waals surface area (Å²) in [5.74, 6) is -0.195. The van der Waals surface area contributed by atoms with Gasteiger partial charge in [-0.05, 0) is 41.9 Å². The number of pyridine rings is 1. The zero-order valence-corrected chi connectivity index (χ0v) is 13.9. The lowest BCUT2D eigenvalue weighted by Crippen LogP contribution is -2.26. The minimum atomic E-state index is -0.233. The third-order valence-electron chi connectivity index (χ3n) is 3.73. The van der Waals surface area contributed by atoms with E-state index in [2.05, 4.69) is 26.2 Å². The lowest BCUT2D eigenvalue weighted by Gasteiger charge is -2.11. The van der Waals surface area contributed by atoms with E-state index < -0.39 is 0 Å². The largest absolute Gasteiger partial charge is 0.352 e. The monoisotopic (exact) mass is 373 g/mol. The number of fused-ring (bicyclic) bond motifs is 3. The zero-order valence-electron chi connectivity index (χ0n) is 12.4. The van der Waals surface area contributed by atoms with E-state index in [1.54, 1.807) is 6.20 Å². The van der Waals surface area contributed by atoms with Crippen molar-refractivity contribution >= 4 is 43.4 Å². The predicted octanol–water partition coefficient (Wildman–Crippen LogP) is 2.52. The molecule has 0 radical (unpaired) electrons. The van der Waals surface area contributed by atoms with Crippen LogP contribution in [0.4, 0.5) is 0 Å². The topological polar surface area (TPSA) is 88.0 Å². The average Bonchev–Trinajstić information content (AvgIpc) is 2.54. The number of rotatable bonds is 4. The highest BCUT2D eigenvalue weighted by molar-refractivity contribution is 9.10. The van der Waals surface area contributed by atoms with Crippen molar-refractivity contribution in [3.63, 3.8) is 0 Å². The van der Waals surface area contributed by atoms with Gasteiger partial charge in [0.05, 0.1) is 0 Å². The molecule has 1 amide bonds. The maximum atomic E-state index is 12.5. The molecule has 0 fully saturated rings. The number of carbonyl (C=O) groups excluding carboxylic acids is 1. The van der Waals surface area contributed by atoms with Gasteiger partial charge < -0.3 is 16.0 Å². The van der Waals surface area contributed by atoms with Gasteiger partial charge >= 0.3 is 0 Å². The molecule has 23 heavy (non-hydrogen) atoms. The van der Waals surface area contributed by atoms with E-state index in [1.165, 1.54) is 6.07 Å². The number of H-pyrrole nitrogens is 1. The number of nitrogens with two attached hydrogens (primary N) is 1. The molecule has 0 unspecified atom stereocenters. The van der Waals surface area contributed by atoms with Crippen molar-refractivity contribution < 1.29 is 4.79 Å². The van der Waals surface area contributed by atoms with Crippen LogP contribution in [-0.2, 0) is 0 Å². The van der Waals surface area contributed by atoms with E-state index in [-0.39, 0.29) is 11.5 Å². The van der Waals surface area contributed by atoms with E-state index in [0.717, 1.165) is 20.6 Å². The fourth-order valence-electron chi connectivity index (χ4n) is 2.63. The molecule has 3 rings (SSSR count). The second kappa shape index (κ2) is 6.52. The Labute approximate surface area is 141 Å². The van der Waals surface area contributed by atoms with Crippen LogP contribution in [0.1, 0.15) is 16.8 Å². The van der Waals surface area contributed by atoms with Crippen LogP contribution < -0.4 is 16.6 Å². The lowest BCUT2D eigenvalue weighted by atomic mass is 9.98. The Kier molecular flexibility index (Phi) is 4.45. The standard InChI is InChI=1S/C17H16BrN3O2/c18-11-3-2-10-6-14(17(23)20-5-1-4-19)13-8-16(22)21-9-15(13)12(10)7-11/h2-3,6-9H,1,4-5,19H2,(H,20,23)(H,21,22). The highest BCUT2D eigenvalue weighted by Crippen LogP contribution is 2.29. The molecule has 0 saturated heterocycles. The van der Waals surface area contributed by atoms with Crippen LogP contribution in [0.5, 0.6) is 0 Å². The van der Waals surface area contributed by atoms with Crippen molar-refractivity contribution in [1.29, 1.82) is 0 Å². The van der Waals surface area contributed by atoms with Crippen LogP contribution in [0.25, 0.3) is 21.5 Å². The fourth-order valence-corrected chi connectivity index (χ4v) is 2.99. The van der Waals surface area contributed by atoms with Crippen molar-refractivity contribution in [2.45, 2.75) is 6.42 Å². The molecule has 1 aromatic heterocycles. The summed E-state index contributed by atoms with van der Waals surface area (Å²) >= 11 is 3.46. The number of aromatic amines is 1. The summed E-state index contributed by atoms with van der Waals surface area (Å²) in [5, 5.41) is 6.25. The van der Waals surface area contributed by atoms with Gasteiger partial charge in [0, 0.05) is 39.6 Å². The van der Waals surface area contributed by atoms with Gasteiger partial charge in [0.25, 0.3) is 5.91 Å². The van der Waals surface area contributed by atoms with Crippen molar-refractivity contribution in [1.82, 2.24) is 10.3 Å². The van der Waals surface area contributed by atoms with Gasteiger partial charge in [-0.25, -0.2) is 0 Å². The summed E-state index contributed by atoms with van der Waals surface area (Å²) in [5.41, 5.74) is 5.72. The fraction of sp³-hybridized carbons (Fsp3) is 0.176. The van der Waals surface area contributed by atoms with Gasteiger partial charge in [-0.2, -0.15) is 0 Å². The summed E-state index contributed by atoms with van der Waals surface area (Å²) in [4.78, 5) is 26.9. The minimum absolute atomic E-state index is 0.195. The Morgan fingerprint density at radius 3 is 2.78 bits per heavy atom. The number of halogens is 1. The second-order valence-corrected chi connectivity index (χ2v) is 6.23. The third kappa shape index (κ3) is 3.13. The second-order valence-electron chi connectivity index (χ2n) is 5.31. The summed E-state index contributed by atoms with van der Waals surface area (Å²) < 4.78 is 0.942. The van der Waals surface area contributed by atoms with Gasteiger partial charge in [0.2, 0.25) is 5.56 Å². The molecule has 4 N–H and O–H groups in total. The number of nitrogens with one attached hydrogen (secondary N) is 2. The Balaban J connectivity index is 2.22. The maximum Gasteiger partial charge on any atom is 0.251 e. The molecule has 1 heterocycles. The van der Waals surface area contributed by atoms with E-state index in [0.29, 0.717) is 30.5 Å². The van der Waals surface area contributed by atoms with Gasteiger partial charge in [-0.15, -0.1) is 0 Å². The van der Waals surface area contributed by atoms with Crippen LogP contribution in [-0.4, -0.2) is 24.0 Å². The Morgan fingerprint density at radius 1 is 1.17 bits per heavy atom. The lowest BCUT2D eigenvalue weighted by molar-refractivity contribution is 0.0955. The number of amides is 1. The van der Waals surface area contributed by atoms with Crippen LogP contribution in [0.15, 0.2) is 45.8 Å². The van der Waals surface area contributed by atoms with E-state index in [1.807, 2.05) is 24.3 Å². The van der Waals surface area contributed by atoms with Crippen LogP contribution in [0.2, 0.25) is 0 Å². The molecule has 0 atom stereocenters. The molecule has 0 spiro atoms. The smallest absolute Gasteiger partial charge is 0.251 e. The van der Waals surface area contributed by atoms with Crippen LogP contribution in [0, 0.1) is 0 Å². The molecule has 0 aliphatic rings. The number of hydrogen-bond donors (Lipinski definition) is 3. The molecule has 0 saturated carbocycles. The van der Waals surface area contributed by atoms with Crippen molar-refractivity contribution in [2.24, 2.45) is 5.73 Å². The number of benzene rings is 2. The van der Waals surface area contributed by atoms with Gasteiger partial charge in [0.15, 0.2) is 0 Å². The van der Waals surface area contributed by atoms with Gasteiger partial charge in [-0.3, -0.25) is 9.59 Å². The van der Waals surface area contributed by atoms with Crippen LogP contribution >= 0.6 is 15.9 Å². The SMILES string of the molecule is NCCCNC(=O)c1cc2ccc(Br)cc2c2c[nH]c(=O)cc12. The average molecular weight is 374 g/mol. The summed E-state index contributed by atoms with van der Waals surface area (Å²) in [6.07, 6.45) is 2.37. The molecule has 0 aliphatic heterocycles. The third-order valence-corrected chi connectivity index (χ3v) is 4.22. The predicted molar refractivity (Wildman–Crippen MR) is 95.8 cm³/mol. The van der Waals surface area contributed by atoms with Crippen molar-refractivity contribution in [2.75, 3.05) is 13.1 Å². The molecule has 3 aromatic rings. The van der Waals surface area contributed by atoms with Crippen LogP contribution in [0.3, 0.4) is 0 Å². The first kappa shape index (κ1) is 15.7. The first-order valence-corrected chi connectivity index (χ1v) is 8.12. The van der Waals surface area contributed by atoms with Gasteiger partial charge in [-0.1, -0.05) is 22.0 Å². The number of aromatic nitrogens is 1. The Morgan fingerprint density at radius 2 is 2.00 bits per heavy atom. The maximum absolute atomic E-state index is 12.5. The minimum Gasteiger partial charge on any atom is -0.352 e. The molecule has 6 heteroatoms. The molecule has 118 valence electrons. The first-order chi connectivity index (χ1) is 11.1. The molecule has 5 nitrogen and oxygen atoms in total. The first-order valence-electron chi connectivity index (χ1n) is 7.33. The number of carbonyl (C=O) groups is 1. The Bertz CT molecular complexity index is 950.